The van der Waals surface area contributed by atoms with Gasteiger partial charge in [0.15, 0.2) is 11.5 Å². The average Bonchev–Trinajstić information content (AvgIpc) is 2.83. The number of carbonyl (C=O) groups is 1. The van der Waals surface area contributed by atoms with Gasteiger partial charge in [0.25, 0.3) is 0 Å². The maximum Gasteiger partial charge on any atom is 0.407 e. The highest BCUT2D eigenvalue weighted by molar-refractivity contribution is 5.70. The third kappa shape index (κ3) is 3.72. The molecule has 0 aromatic heterocycles. The van der Waals surface area contributed by atoms with Crippen molar-refractivity contribution in [1.82, 2.24) is 5.32 Å². The summed E-state index contributed by atoms with van der Waals surface area (Å²) in [5.41, 5.74) is 1.69. The summed E-state index contributed by atoms with van der Waals surface area (Å²) in [7, 11) is 3.23. The van der Waals surface area contributed by atoms with Gasteiger partial charge in [0.1, 0.15) is 5.60 Å². The molecule has 0 heterocycles. The van der Waals surface area contributed by atoms with Crippen molar-refractivity contribution in [3.8, 4) is 11.5 Å². The van der Waals surface area contributed by atoms with Crippen molar-refractivity contribution in [2.45, 2.75) is 32.3 Å². The van der Waals surface area contributed by atoms with Crippen LogP contribution in [0.3, 0.4) is 0 Å². The van der Waals surface area contributed by atoms with Crippen LogP contribution in [0.5, 0.6) is 11.5 Å². The van der Waals surface area contributed by atoms with E-state index in [9.17, 15) is 4.79 Å². The van der Waals surface area contributed by atoms with Gasteiger partial charge in [-0.2, -0.15) is 0 Å². The van der Waals surface area contributed by atoms with E-state index in [2.05, 4.69) is 11.4 Å². The van der Waals surface area contributed by atoms with Gasteiger partial charge >= 0.3 is 6.09 Å². The molecule has 1 aromatic rings. The highest BCUT2D eigenvalue weighted by Gasteiger charge is 2.22. The number of fused-ring (bicyclic) bond motifs is 1. The minimum Gasteiger partial charge on any atom is -0.493 e. The molecule has 1 aliphatic carbocycles. The van der Waals surface area contributed by atoms with E-state index in [-0.39, 0.29) is 5.92 Å². The van der Waals surface area contributed by atoms with Gasteiger partial charge in [-0.25, -0.2) is 4.79 Å². The van der Waals surface area contributed by atoms with Crippen LogP contribution in [-0.4, -0.2) is 32.5 Å². The van der Waals surface area contributed by atoms with Gasteiger partial charge < -0.3 is 19.5 Å². The Kier molecular flexibility index (Phi) is 4.64. The van der Waals surface area contributed by atoms with Crippen molar-refractivity contribution in [3.63, 3.8) is 0 Å². The summed E-state index contributed by atoms with van der Waals surface area (Å²) >= 11 is 0. The minimum atomic E-state index is -0.496. The summed E-state index contributed by atoms with van der Waals surface area (Å²) in [5.74, 6) is 1.49. The van der Waals surface area contributed by atoms with Crippen molar-refractivity contribution in [3.05, 3.63) is 29.3 Å². The van der Waals surface area contributed by atoms with Crippen LogP contribution in [-0.2, 0) is 4.74 Å². The predicted octanol–water partition coefficient (Wildman–Crippen LogP) is 3.34. The zero-order valence-electron chi connectivity index (χ0n) is 13.7. The molecule has 120 valence electrons. The van der Waals surface area contributed by atoms with Crippen LogP contribution in [0.4, 0.5) is 4.79 Å². The van der Waals surface area contributed by atoms with Gasteiger partial charge in [-0.3, -0.25) is 0 Å². The smallest absolute Gasteiger partial charge is 0.407 e. The number of rotatable bonds is 4. The number of alkyl carbamates (subject to hydrolysis) is 1. The monoisotopic (exact) mass is 305 g/mol. The number of nitrogens with one attached hydrogen (secondary N) is 1. The summed E-state index contributed by atoms with van der Waals surface area (Å²) in [6, 6.07) is 3.90. The Morgan fingerprint density at radius 2 is 1.82 bits per heavy atom. The van der Waals surface area contributed by atoms with Gasteiger partial charge in [0.05, 0.1) is 14.2 Å². The molecule has 1 unspecified atom stereocenters. The molecule has 1 atom stereocenters. The van der Waals surface area contributed by atoms with Crippen LogP contribution in [0.15, 0.2) is 18.2 Å². The quantitative estimate of drug-likeness (QED) is 0.927. The normalized spacial score (nSPS) is 16.1. The van der Waals surface area contributed by atoms with E-state index in [0.29, 0.717) is 18.0 Å². The number of ether oxygens (including phenoxy) is 3. The van der Waals surface area contributed by atoms with Gasteiger partial charge in [0.2, 0.25) is 0 Å². The highest BCUT2D eigenvalue weighted by Crippen LogP contribution is 2.38. The summed E-state index contributed by atoms with van der Waals surface area (Å²) in [6.45, 7) is 6.01. The fraction of sp³-hybridized carbons (Fsp3) is 0.471. The molecular weight excluding hydrogens is 282 g/mol. The van der Waals surface area contributed by atoms with E-state index in [1.54, 1.807) is 14.2 Å². The number of benzene rings is 1. The number of hydrogen-bond acceptors (Lipinski definition) is 4. The third-order valence-corrected chi connectivity index (χ3v) is 3.36. The molecule has 0 fully saturated rings. The second-order valence-electron chi connectivity index (χ2n) is 6.18. The average molecular weight is 305 g/mol. The first kappa shape index (κ1) is 16.2. The fourth-order valence-electron chi connectivity index (χ4n) is 2.38. The summed E-state index contributed by atoms with van der Waals surface area (Å²) in [5, 5.41) is 2.80. The molecule has 1 N–H and O–H groups in total. The molecule has 0 radical (unpaired) electrons. The molecular formula is C17H23NO4. The molecule has 5 heteroatoms. The Hall–Kier alpha value is -2.17. The van der Waals surface area contributed by atoms with Gasteiger partial charge in [-0.15, -0.1) is 0 Å². The van der Waals surface area contributed by atoms with Gasteiger partial charge in [-0.05, 0) is 44.0 Å². The van der Waals surface area contributed by atoms with Crippen LogP contribution in [0.25, 0.3) is 6.08 Å². The van der Waals surface area contributed by atoms with Crippen LogP contribution >= 0.6 is 0 Å². The fourth-order valence-corrected chi connectivity index (χ4v) is 2.38. The van der Waals surface area contributed by atoms with E-state index < -0.39 is 11.7 Å². The summed E-state index contributed by atoms with van der Waals surface area (Å²) < 4.78 is 15.9. The Morgan fingerprint density at radius 3 is 2.41 bits per heavy atom. The van der Waals surface area contributed by atoms with Crippen molar-refractivity contribution in [2.75, 3.05) is 20.8 Å². The number of carbonyl (C=O) groups excluding carboxylic acids is 1. The van der Waals surface area contributed by atoms with E-state index in [0.717, 1.165) is 11.1 Å². The van der Waals surface area contributed by atoms with Crippen LogP contribution < -0.4 is 14.8 Å². The third-order valence-electron chi connectivity index (χ3n) is 3.36. The number of amides is 1. The molecule has 0 saturated carbocycles. The van der Waals surface area contributed by atoms with Gasteiger partial charge in [-0.1, -0.05) is 12.2 Å². The van der Waals surface area contributed by atoms with E-state index in [4.69, 9.17) is 14.2 Å². The van der Waals surface area contributed by atoms with E-state index in [1.165, 1.54) is 0 Å². The van der Waals surface area contributed by atoms with E-state index in [1.807, 2.05) is 39.0 Å². The molecule has 1 aliphatic rings. The van der Waals surface area contributed by atoms with Crippen LogP contribution in [0.2, 0.25) is 0 Å². The van der Waals surface area contributed by atoms with Gasteiger partial charge in [0, 0.05) is 12.5 Å². The lowest BCUT2D eigenvalue weighted by molar-refractivity contribution is 0.0526. The largest absolute Gasteiger partial charge is 0.493 e. The first-order valence-corrected chi connectivity index (χ1v) is 7.25. The highest BCUT2D eigenvalue weighted by atomic mass is 16.6. The topological polar surface area (TPSA) is 56.8 Å². The summed E-state index contributed by atoms with van der Waals surface area (Å²) in [6.07, 6.45) is 3.68. The van der Waals surface area contributed by atoms with Crippen molar-refractivity contribution in [2.24, 2.45) is 0 Å². The molecule has 1 aromatic carbocycles. The SMILES string of the molecule is COc1cc2c(cc1OC)C(CNC(=O)OC(C)(C)C)C=C2. The van der Waals surface area contributed by atoms with Crippen LogP contribution in [0, 0.1) is 0 Å². The lowest BCUT2D eigenvalue weighted by Gasteiger charge is -2.21. The Balaban J connectivity index is 2.06. The van der Waals surface area contributed by atoms with Crippen molar-refractivity contribution in [1.29, 1.82) is 0 Å². The molecule has 0 bridgehead atoms. The molecule has 22 heavy (non-hydrogen) atoms. The summed E-state index contributed by atoms with van der Waals surface area (Å²) in [4.78, 5) is 11.7. The van der Waals surface area contributed by atoms with Crippen LogP contribution in [0.1, 0.15) is 37.8 Å². The lowest BCUT2D eigenvalue weighted by Crippen LogP contribution is -2.34. The standard InChI is InChI=1S/C17H23NO4/c1-17(2,3)22-16(19)18-10-12-7-6-11-8-14(20-4)15(21-5)9-13(11)12/h6-9,12H,10H2,1-5H3,(H,18,19). The van der Waals surface area contributed by atoms with Crippen molar-refractivity contribution < 1.29 is 19.0 Å². The molecule has 0 saturated heterocycles. The molecule has 5 nitrogen and oxygen atoms in total. The second kappa shape index (κ2) is 6.30. The Labute approximate surface area is 131 Å². The molecule has 2 rings (SSSR count). The lowest BCUT2D eigenvalue weighted by atomic mass is 10.00. The zero-order valence-corrected chi connectivity index (χ0v) is 13.7. The Bertz CT molecular complexity index is 587. The number of hydrogen-bond donors (Lipinski definition) is 1. The van der Waals surface area contributed by atoms with Crippen molar-refractivity contribution >= 4 is 12.2 Å². The zero-order chi connectivity index (χ0) is 16.3. The first-order valence-electron chi connectivity index (χ1n) is 7.25. The predicted molar refractivity (Wildman–Crippen MR) is 85.6 cm³/mol. The first-order chi connectivity index (χ1) is 10.3. The number of methoxy groups -OCH3 is 2. The second-order valence-corrected chi connectivity index (χ2v) is 6.18. The molecule has 0 spiro atoms. The minimum absolute atomic E-state index is 0.0994. The maximum atomic E-state index is 11.7. The maximum absolute atomic E-state index is 11.7. The Morgan fingerprint density at radius 1 is 1.18 bits per heavy atom. The van der Waals surface area contributed by atoms with E-state index >= 15 is 0 Å². The molecule has 1 amide bonds. The molecule has 0 aliphatic heterocycles.